The molecule has 0 aliphatic rings. The second kappa shape index (κ2) is 24.6. The zero-order valence-corrected chi connectivity index (χ0v) is 25.5. The molecule has 0 aromatic carbocycles. The fourth-order valence-corrected chi connectivity index (χ4v) is 4.76. The topological polar surface area (TPSA) is 105 Å². The van der Waals surface area contributed by atoms with E-state index in [1.54, 1.807) is 27.7 Å². The van der Waals surface area contributed by atoms with Gasteiger partial charge < -0.3 is 23.7 Å². The fraction of sp³-hybridized carbons (Fsp3) is 0.846. The molecule has 0 heterocycles. The molecule has 0 unspecified atom stereocenters. The predicted octanol–water partition coefficient (Wildman–Crippen LogP) is 4.81. The van der Waals surface area contributed by atoms with Crippen molar-refractivity contribution < 1.29 is 38.1 Å². The van der Waals surface area contributed by atoms with Crippen LogP contribution in [0.1, 0.15) is 66.2 Å². The van der Waals surface area contributed by atoms with E-state index in [4.69, 9.17) is 18.9 Å². The number of Topliss-reactive ketones (excluding diaryl/α,β-unsaturated/α-hetero) is 1. The van der Waals surface area contributed by atoms with Crippen LogP contribution < -0.4 is 0 Å². The molecule has 0 saturated carbocycles. The number of ketones is 1. The first-order valence-corrected chi connectivity index (χ1v) is 15.8. The molecule has 0 aromatic heterocycles. The van der Waals surface area contributed by atoms with Crippen LogP contribution in [-0.4, -0.2) is 91.2 Å². The first kappa shape index (κ1) is 36.6. The zero-order valence-electron chi connectivity index (χ0n) is 23.0. The third-order valence-corrected chi connectivity index (χ3v) is 7.61. The first-order valence-electron chi connectivity index (χ1n) is 12.9. The van der Waals surface area contributed by atoms with E-state index in [0.717, 1.165) is 32.1 Å². The fourth-order valence-electron chi connectivity index (χ4n) is 3.11. The lowest BCUT2D eigenvalue weighted by Crippen LogP contribution is -2.42. The number of carbonyl (C=O) groups excluding carboxylic acids is 4. The van der Waals surface area contributed by atoms with Gasteiger partial charge >= 0.3 is 0 Å². The van der Waals surface area contributed by atoms with E-state index >= 15 is 0 Å². The Morgan fingerprint density at radius 3 is 1.14 bits per heavy atom. The van der Waals surface area contributed by atoms with E-state index in [9.17, 15) is 19.2 Å². The van der Waals surface area contributed by atoms with Crippen LogP contribution in [0.15, 0.2) is 0 Å². The van der Waals surface area contributed by atoms with Gasteiger partial charge in [-0.1, -0.05) is 35.3 Å². The summed E-state index contributed by atoms with van der Waals surface area (Å²) >= 11 is 3.87. The molecule has 216 valence electrons. The van der Waals surface area contributed by atoms with Gasteiger partial charge in [-0.25, -0.2) is 0 Å². The Labute approximate surface area is 235 Å². The van der Waals surface area contributed by atoms with Gasteiger partial charge in [-0.3, -0.25) is 14.4 Å². The minimum absolute atomic E-state index is 0.0974. The van der Waals surface area contributed by atoms with E-state index in [1.807, 2.05) is 0 Å². The minimum Gasteiger partial charge on any atom is -0.381 e. The number of hydrogen-bond acceptors (Lipinski definition) is 11. The van der Waals surface area contributed by atoms with Gasteiger partial charge in [0, 0.05) is 70.9 Å². The Morgan fingerprint density at radius 1 is 0.514 bits per heavy atom. The number of ether oxygens (including phenoxy) is 4. The summed E-state index contributed by atoms with van der Waals surface area (Å²) in [5.41, 5.74) is -0.518. The Kier molecular flexibility index (Phi) is 24.3. The third-order valence-electron chi connectivity index (χ3n) is 4.92. The summed E-state index contributed by atoms with van der Waals surface area (Å²) in [6, 6.07) is 0. The molecular formula is C26H46O8S3. The minimum atomic E-state index is -0.518. The molecule has 0 spiro atoms. The maximum atomic E-state index is 11.2. The Bertz CT molecular complexity index is 536. The van der Waals surface area contributed by atoms with Crippen molar-refractivity contribution >= 4 is 56.4 Å². The predicted molar refractivity (Wildman–Crippen MR) is 154 cm³/mol. The molecule has 0 atom stereocenters. The largest absolute Gasteiger partial charge is 0.381 e. The van der Waals surface area contributed by atoms with Crippen LogP contribution in [0.25, 0.3) is 0 Å². The first-order chi connectivity index (χ1) is 17.7. The highest BCUT2D eigenvalue weighted by Crippen LogP contribution is 2.22. The number of rotatable bonds is 25. The highest BCUT2D eigenvalue weighted by Gasteiger charge is 2.32. The molecule has 37 heavy (non-hydrogen) atoms. The quantitative estimate of drug-likeness (QED) is 0.139. The van der Waals surface area contributed by atoms with Crippen LogP contribution in [0.3, 0.4) is 0 Å². The van der Waals surface area contributed by atoms with Crippen molar-refractivity contribution in [2.24, 2.45) is 5.41 Å². The van der Waals surface area contributed by atoms with Gasteiger partial charge in [0.1, 0.15) is 5.78 Å². The Balaban J connectivity index is 4.94. The van der Waals surface area contributed by atoms with Crippen molar-refractivity contribution in [3.63, 3.8) is 0 Å². The summed E-state index contributed by atoms with van der Waals surface area (Å²) in [5, 5.41) is 0.292. The molecule has 11 heteroatoms. The number of hydrogen-bond donors (Lipinski definition) is 0. The van der Waals surface area contributed by atoms with E-state index < -0.39 is 5.41 Å². The molecule has 0 N–H and O–H groups in total. The molecule has 0 fully saturated rings. The summed E-state index contributed by atoms with van der Waals surface area (Å²) in [6.45, 7) is 9.90. The van der Waals surface area contributed by atoms with E-state index in [0.29, 0.717) is 76.5 Å². The smallest absolute Gasteiger partial charge is 0.185 e. The summed E-state index contributed by atoms with van der Waals surface area (Å²) in [6.07, 6.45) is 4.43. The second-order valence-electron chi connectivity index (χ2n) is 8.95. The van der Waals surface area contributed by atoms with Gasteiger partial charge in [-0.05, 0) is 39.0 Å². The van der Waals surface area contributed by atoms with E-state index in [1.165, 1.54) is 35.3 Å². The average molecular weight is 583 g/mol. The van der Waals surface area contributed by atoms with Crippen molar-refractivity contribution in [3.05, 3.63) is 0 Å². The maximum absolute atomic E-state index is 11.2. The molecule has 0 aromatic rings. The molecular weight excluding hydrogens is 536 g/mol. The number of thioether (sulfide) groups is 3. The van der Waals surface area contributed by atoms with Gasteiger partial charge in [-0.2, -0.15) is 0 Å². The van der Waals surface area contributed by atoms with Gasteiger partial charge in [-0.15, -0.1) is 0 Å². The number of carbonyl (C=O) groups is 4. The maximum Gasteiger partial charge on any atom is 0.185 e. The molecule has 0 rings (SSSR count). The summed E-state index contributed by atoms with van der Waals surface area (Å²) in [4.78, 5) is 44.6. The highest BCUT2D eigenvalue weighted by atomic mass is 32.2. The van der Waals surface area contributed by atoms with Gasteiger partial charge in [0.25, 0.3) is 0 Å². The lowest BCUT2D eigenvalue weighted by molar-refractivity contribution is -0.117. The average Bonchev–Trinajstić information content (AvgIpc) is 2.82. The lowest BCUT2D eigenvalue weighted by atomic mass is 9.92. The zero-order chi connectivity index (χ0) is 27.8. The normalized spacial score (nSPS) is 11.6. The van der Waals surface area contributed by atoms with Crippen LogP contribution in [0.5, 0.6) is 0 Å². The highest BCUT2D eigenvalue weighted by molar-refractivity contribution is 8.14. The standard InChI is InChI=1S/C26H46O8S3/c1-22(27)10-5-6-11-31-18-26(19-32-12-7-15-35-23(2)28,20-33-13-8-16-36-24(3)29)21-34-14-9-17-37-25(4)30/h5-21H2,1-4H3. The van der Waals surface area contributed by atoms with Crippen molar-refractivity contribution in [3.8, 4) is 0 Å². The Morgan fingerprint density at radius 2 is 0.838 bits per heavy atom. The number of unbranched alkanes of at least 4 members (excludes halogenated alkanes) is 1. The van der Waals surface area contributed by atoms with Crippen LogP contribution in [-0.2, 0) is 38.1 Å². The van der Waals surface area contributed by atoms with Gasteiger partial charge in [0.05, 0.1) is 31.8 Å². The van der Waals surface area contributed by atoms with Crippen LogP contribution >= 0.6 is 35.3 Å². The summed E-state index contributed by atoms with van der Waals surface area (Å²) in [7, 11) is 0. The molecule has 0 radical (unpaired) electrons. The molecule has 0 aliphatic heterocycles. The van der Waals surface area contributed by atoms with Crippen LogP contribution in [0, 0.1) is 5.41 Å². The van der Waals surface area contributed by atoms with Crippen LogP contribution in [0.2, 0.25) is 0 Å². The van der Waals surface area contributed by atoms with Crippen molar-refractivity contribution in [2.45, 2.75) is 66.2 Å². The molecule has 0 aliphatic carbocycles. The second-order valence-corrected chi connectivity index (χ2v) is 12.8. The van der Waals surface area contributed by atoms with Gasteiger partial charge in [0.2, 0.25) is 0 Å². The SMILES string of the molecule is CC(=O)CCCCOCC(COCCCSC(C)=O)(COCCCSC(C)=O)COCCCSC(C)=O. The lowest BCUT2D eigenvalue weighted by Gasteiger charge is -2.33. The Hall–Kier alpha value is -0.430. The van der Waals surface area contributed by atoms with E-state index in [-0.39, 0.29) is 21.1 Å². The molecule has 0 bridgehead atoms. The van der Waals surface area contributed by atoms with Crippen LogP contribution in [0.4, 0.5) is 0 Å². The van der Waals surface area contributed by atoms with Gasteiger partial charge in [0.15, 0.2) is 15.3 Å². The monoisotopic (exact) mass is 582 g/mol. The van der Waals surface area contributed by atoms with Crippen molar-refractivity contribution in [2.75, 3.05) is 70.1 Å². The third kappa shape index (κ3) is 25.6. The molecule has 8 nitrogen and oxygen atoms in total. The summed E-state index contributed by atoms with van der Waals surface area (Å²) < 4.78 is 24.0. The van der Waals surface area contributed by atoms with Crippen molar-refractivity contribution in [1.29, 1.82) is 0 Å². The summed E-state index contributed by atoms with van der Waals surface area (Å²) in [5.74, 6) is 2.31. The molecule has 0 saturated heterocycles. The van der Waals surface area contributed by atoms with Crippen molar-refractivity contribution in [1.82, 2.24) is 0 Å². The van der Waals surface area contributed by atoms with E-state index in [2.05, 4.69) is 0 Å². The molecule has 0 amide bonds.